The van der Waals surface area contributed by atoms with Gasteiger partial charge in [0.2, 0.25) is 0 Å². The van der Waals surface area contributed by atoms with Crippen molar-refractivity contribution in [3.05, 3.63) is 11.6 Å². The molecule has 3 nitrogen and oxygen atoms in total. The maximum absolute atomic E-state index is 10.7. The summed E-state index contributed by atoms with van der Waals surface area (Å²) in [6, 6.07) is 0. The van der Waals surface area contributed by atoms with Crippen LogP contribution in [0.4, 0.5) is 0 Å². The second-order valence-corrected chi connectivity index (χ2v) is 3.29. The Kier molecular flexibility index (Phi) is 3.74. The van der Waals surface area contributed by atoms with Crippen LogP contribution in [0.3, 0.4) is 0 Å². The average Bonchev–Trinajstić information content (AvgIpc) is 2.37. The van der Waals surface area contributed by atoms with E-state index in [4.69, 9.17) is 5.11 Å². The molecule has 0 aliphatic carbocycles. The SMILES string of the molecule is CC(C)(C(=O)O)C1=CCNC1.Cl. The van der Waals surface area contributed by atoms with E-state index < -0.39 is 11.4 Å². The highest BCUT2D eigenvalue weighted by Crippen LogP contribution is 2.27. The molecule has 1 aliphatic heterocycles. The Morgan fingerprint density at radius 2 is 2.25 bits per heavy atom. The van der Waals surface area contributed by atoms with Crippen molar-refractivity contribution in [1.82, 2.24) is 5.32 Å². The molecule has 0 saturated carbocycles. The Hall–Kier alpha value is -0.540. The fraction of sp³-hybridized carbons (Fsp3) is 0.625. The predicted octanol–water partition coefficient (Wildman–Crippen LogP) is 1.05. The summed E-state index contributed by atoms with van der Waals surface area (Å²) in [5.74, 6) is -0.757. The number of nitrogens with one attached hydrogen (secondary N) is 1. The van der Waals surface area contributed by atoms with Gasteiger partial charge in [0.05, 0.1) is 5.41 Å². The van der Waals surface area contributed by atoms with Crippen molar-refractivity contribution in [3.63, 3.8) is 0 Å². The molecular weight excluding hydrogens is 178 g/mol. The molecule has 70 valence electrons. The lowest BCUT2D eigenvalue weighted by atomic mass is 9.85. The molecule has 0 atom stereocenters. The topological polar surface area (TPSA) is 49.3 Å². The highest BCUT2D eigenvalue weighted by atomic mass is 35.5. The van der Waals surface area contributed by atoms with E-state index in [2.05, 4.69) is 5.32 Å². The minimum absolute atomic E-state index is 0. The Balaban J connectivity index is 0.00000121. The van der Waals surface area contributed by atoms with Gasteiger partial charge in [-0.1, -0.05) is 6.08 Å². The second kappa shape index (κ2) is 3.92. The van der Waals surface area contributed by atoms with E-state index in [1.54, 1.807) is 13.8 Å². The number of hydrogen-bond acceptors (Lipinski definition) is 2. The molecule has 0 bridgehead atoms. The number of halogens is 1. The lowest BCUT2D eigenvalue weighted by Gasteiger charge is -2.20. The molecule has 12 heavy (non-hydrogen) atoms. The van der Waals surface area contributed by atoms with Crippen LogP contribution in [-0.2, 0) is 4.79 Å². The normalized spacial score (nSPS) is 16.7. The number of carboxylic acids is 1. The molecule has 0 radical (unpaired) electrons. The van der Waals surface area contributed by atoms with Crippen LogP contribution in [0.2, 0.25) is 0 Å². The molecule has 0 fully saturated rings. The summed E-state index contributed by atoms with van der Waals surface area (Å²) in [6.07, 6.45) is 1.95. The van der Waals surface area contributed by atoms with E-state index in [0.29, 0.717) is 6.54 Å². The second-order valence-electron chi connectivity index (χ2n) is 3.29. The first-order chi connectivity index (χ1) is 5.05. The predicted molar refractivity (Wildman–Crippen MR) is 49.6 cm³/mol. The average molecular weight is 192 g/mol. The van der Waals surface area contributed by atoms with E-state index in [1.165, 1.54) is 0 Å². The van der Waals surface area contributed by atoms with Gasteiger partial charge in [-0.05, 0) is 19.4 Å². The van der Waals surface area contributed by atoms with Gasteiger partial charge in [-0.25, -0.2) is 0 Å². The lowest BCUT2D eigenvalue weighted by Crippen LogP contribution is -2.28. The molecular formula is C8H14ClNO2. The van der Waals surface area contributed by atoms with Crippen molar-refractivity contribution >= 4 is 18.4 Å². The van der Waals surface area contributed by atoms with Crippen LogP contribution in [0.5, 0.6) is 0 Å². The van der Waals surface area contributed by atoms with Gasteiger partial charge in [0.1, 0.15) is 0 Å². The summed E-state index contributed by atoms with van der Waals surface area (Å²) in [5, 5.41) is 11.9. The van der Waals surface area contributed by atoms with Crippen molar-refractivity contribution in [1.29, 1.82) is 0 Å². The molecule has 0 amide bonds. The third kappa shape index (κ3) is 1.99. The first-order valence-corrected chi connectivity index (χ1v) is 3.69. The monoisotopic (exact) mass is 191 g/mol. The van der Waals surface area contributed by atoms with E-state index >= 15 is 0 Å². The van der Waals surface area contributed by atoms with Gasteiger partial charge in [0, 0.05) is 13.1 Å². The van der Waals surface area contributed by atoms with Gasteiger partial charge in [0.25, 0.3) is 0 Å². The van der Waals surface area contributed by atoms with Crippen LogP contribution in [0.25, 0.3) is 0 Å². The highest BCUT2D eigenvalue weighted by molar-refractivity contribution is 5.85. The largest absolute Gasteiger partial charge is 0.481 e. The van der Waals surface area contributed by atoms with Crippen LogP contribution >= 0.6 is 12.4 Å². The Bertz CT molecular complexity index is 211. The summed E-state index contributed by atoms with van der Waals surface area (Å²) >= 11 is 0. The highest BCUT2D eigenvalue weighted by Gasteiger charge is 2.32. The van der Waals surface area contributed by atoms with Crippen LogP contribution in [0.15, 0.2) is 11.6 Å². The number of hydrogen-bond donors (Lipinski definition) is 2. The Morgan fingerprint density at radius 1 is 1.67 bits per heavy atom. The number of rotatable bonds is 2. The van der Waals surface area contributed by atoms with Crippen molar-refractivity contribution in [3.8, 4) is 0 Å². The minimum atomic E-state index is -0.757. The standard InChI is InChI=1S/C8H13NO2.ClH/c1-8(2,7(10)11)6-3-4-9-5-6;/h3,9H,4-5H2,1-2H3,(H,10,11);1H. The van der Waals surface area contributed by atoms with E-state index in [1.807, 2.05) is 6.08 Å². The number of carboxylic acid groups (broad SMARTS) is 1. The third-order valence-electron chi connectivity index (χ3n) is 2.15. The summed E-state index contributed by atoms with van der Waals surface area (Å²) in [5.41, 5.74) is 0.272. The summed E-state index contributed by atoms with van der Waals surface area (Å²) in [7, 11) is 0. The van der Waals surface area contributed by atoms with Crippen LogP contribution in [0.1, 0.15) is 13.8 Å². The van der Waals surface area contributed by atoms with Gasteiger partial charge in [-0.2, -0.15) is 0 Å². The molecule has 1 aliphatic rings. The molecule has 0 spiro atoms. The van der Waals surface area contributed by atoms with E-state index in [9.17, 15) is 4.79 Å². The molecule has 0 unspecified atom stereocenters. The third-order valence-corrected chi connectivity index (χ3v) is 2.15. The van der Waals surface area contributed by atoms with Crippen LogP contribution in [-0.4, -0.2) is 24.2 Å². The Morgan fingerprint density at radius 3 is 2.58 bits per heavy atom. The van der Waals surface area contributed by atoms with Gasteiger partial charge in [-0.3, -0.25) is 4.79 Å². The zero-order chi connectivity index (χ0) is 8.48. The molecule has 0 aromatic carbocycles. The van der Waals surface area contributed by atoms with Crippen molar-refractivity contribution in [2.45, 2.75) is 13.8 Å². The molecule has 1 rings (SSSR count). The van der Waals surface area contributed by atoms with Crippen molar-refractivity contribution in [2.75, 3.05) is 13.1 Å². The summed E-state index contributed by atoms with van der Waals surface area (Å²) in [4.78, 5) is 10.7. The zero-order valence-electron chi connectivity index (χ0n) is 7.26. The maximum atomic E-state index is 10.7. The zero-order valence-corrected chi connectivity index (χ0v) is 8.07. The van der Waals surface area contributed by atoms with E-state index in [0.717, 1.165) is 12.1 Å². The minimum Gasteiger partial charge on any atom is -0.481 e. The fourth-order valence-electron chi connectivity index (χ4n) is 1.09. The molecule has 0 aromatic heterocycles. The van der Waals surface area contributed by atoms with Gasteiger partial charge in [-0.15, -0.1) is 12.4 Å². The fourth-order valence-corrected chi connectivity index (χ4v) is 1.09. The van der Waals surface area contributed by atoms with Crippen LogP contribution < -0.4 is 5.32 Å². The molecule has 0 saturated heterocycles. The maximum Gasteiger partial charge on any atom is 0.313 e. The van der Waals surface area contributed by atoms with Gasteiger partial charge in [0.15, 0.2) is 0 Å². The molecule has 2 N–H and O–H groups in total. The van der Waals surface area contributed by atoms with Crippen LogP contribution in [0, 0.1) is 5.41 Å². The molecule has 4 heteroatoms. The van der Waals surface area contributed by atoms with Crippen molar-refractivity contribution in [2.24, 2.45) is 5.41 Å². The molecule has 1 heterocycles. The quantitative estimate of drug-likeness (QED) is 0.642. The van der Waals surface area contributed by atoms with Gasteiger partial charge < -0.3 is 10.4 Å². The Labute approximate surface area is 78.3 Å². The lowest BCUT2D eigenvalue weighted by molar-refractivity contribution is -0.144. The van der Waals surface area contributed by atoms with E-state index in [-0.39, 0.29) is 12.4 Å². The smallest absolute Gasteiger partial charge is 0.313 e. The molecule has 0 aromatic rings. The van der Waals surface area contributed by atoms with Gasteiger partial charge >= 0.3 is 5.97 Å². The van der Waals surface area contributed by atoms with Crippen molar-refractivity contribution < 1.29 is 9.90 Å². The number of aliphatic carboxylic acids is 1. The first kappa shape index (κ1) is 11.5. The summed E-state index contributed by atoms with van der Waals surface area (Å²) in [6.45, 7) is 4.97. The number of carbonyl (C=O) groups is 1. The summed E-state index contributed by atoms with van der Waals surface area (Å²) < 4.78 is 0. The first-order valence-electron chi connectivity index (χ1n) is 3.69.